The molecule has 0 amide bonds. The van der Waals surface area contributed by atoms with Gasteiger partial charge in [0, 0.05) is 40.3 Å². The van der Waals surface area contributed by atoms with Gasteiger partial charge in [0.05, 0.1) is 30.8 Å². The number of aromatic nitrogens is 2. The van der Waals surface area contributed by atoms with Gasteiger partial charge in [-0.05, 0) is 23.3 Å². The van der Waals surface area contributed by atoms with Gasteiger partial charge in [0.2, 0.25) is 0 Å². The molecule has 166 valence electrons. The summed E-state index contributed by atoms with van der Waals surface area (Å²) in [7, 11) is 3.84. The van der Waals surface area contributed by atoms with Crippen molar-refractivity contribution in [2.75, 3.05) is 33.4 Å². The van der Waals surface area contributed by atoms with Crippen molar-refractivity contribution in [2.24, 2.45) is 12.0 Å². The zero-order chi connectivity index (χ0) is 20.8. The van der Waals surface area contributed by atoms with E-state index in [-0.39, 0.29) is 24.0 Å². The molecular weight excluding hydrogens is 503 g/mol. The van der Waals surface area contributed by atoms with Crippen LogP contribution in [0.3, 0.4) is 0 Å². The third-order valence-electron chi connectivity index (χ3n) is 5.58. The van der Waals surface area contributed by atoms with Crippen molar-refractivity contribution in [3.8, 4) is 0 Å². The highest BCUT2D eigenvalue weighted by molar-refractivity contribution is 14.0. The number of fused-ring (bicyclic) bond motifs is 1. The summed E-state index contributed by atoms with van der Waals surface area (Å²) in [6.07, 6.45) is 0. The molecule has 1 aliphatic rings. The number of rotatable bonds is 6. The number of guanidine groups is 1. The molecule has 1 aliphatic heterocycles. The summed E-state index contributed by atoms with van der Waals surface area (Å²) >= 11 is 0. The lowest BCUT2D eigenvalue weighted by Gasteiger charge is -2.27. The number of nitrogens with zero attached hydrogens (tertiary/aromatic N) is 4. The molecule has 8 heteroatoms. The van der Waals surface area contributed by atoms with E-state index in [1.807, 2.05) is 25.2 Å². The second-order valence-electron chi connectivity index (χ2n) is 7.51. The number of morpholine rings is 1. The highest BCUT2D eigenvalue weighted by Crippen LogP contribution is 2.14. The van der Waals surface area contributed by atoms with E-state index in [0.29, 0.717) is 6.54 Å². The highest BCUT2D eigenvalue weighted by atomic mass is 127. The van der Waals surface area contributed by atoms with Gasteiger partial charge < -0.3 is 19.9 Å². The molecule has 1 saturated heterocycles. The van der Waals surface area contributed by atoms with Crippen LogP contribution >= 0.6 is 24.0 Å². The molecule has 2 N–H and O–H groups in total. The zero-order valence-corrected chi connectivity index (χ0v) is 20.5. The molecule has 2 aromatic carbocycles. The van der Waals surface area contributed by atoms with Gasteiger partial charge in [0.1, 0.15) is 5.82 Å². The van der Waals surface area contributed by atoms with Crippen molar-refractivity contribution < 1.29 is 4.74 Å². The standard InChI is InChI=1S/C23H30N6O.HI/c1-24-23(26-16-22-27-20-9-5-6-10-21(20)28(22)2)25-15-18-7-3-4-8-19(18)17-29-11-13-30-14-12-29;/h3-10H,11-17H2,1-2H3,(H2,24,25,26);1H. The van der Waals surface area contributed by atoms with Gasteiger partial charge in [-0.1, -0.05) is 36.4 Å². The summed E-state index contributed by atoms with van der Waals surface area (Å²) in [5.74, 6) is 1.75. The zero-order valence-electron chi connectivity index (χ0n) is 18.2. The fourth-order valence-electron chi connectivity index (χ4n) is 3.80. The largest absolute Gasteiger partial charge is 0.379 e. The van der Waals surface area contributed by atoms with E-state index < -0.39 is 0 Å². The first kappa shape index (κ1) is 23.5. The van der Waals surface area contributed by atoms with Crippen LogP contribution in [0.15, 0.2) is 53.5 Å². The number of para-hydroxylation sites is 2. The number of halogens is 1. The van der Waals surface area contributed by atoms with Gasteiger partial charge in [0.15, 0.2) is 5.96 Å². The summed E-state index contributed by atoms with van der Waals surface area (Å²) in [5, 5.41) is 6.83. The van der Waals surface area contributed by atoms with E-state index in [9.17, 15) is 0 Å². The second-order valence-corrected chi connectivity index (χ2v) is 7.51. The molecule has 4 rings (SSSR count). The topological polar surface area (TPSA) is 66.7 Å². The Balaban J connectivity index is 0.00000272. The molecule has 0 bridgehead atoms. The predicted octanol–water partition coefficient (Wildman–Crippen LogP) is 2.89. The molecule has 0 aliphatic carbocycles. The van der Waals surface area contributed by atoms with Crippen molar-refractivity contribution in [1.82, 2.24) is 25.1 Å². The lowest BCUT2D eigenvalue weighted by atomic mass is 10.1. The van der Waals surface area contributed by atoms with Crippen molar-refractivity contribution in [3.63, 3.8) is 0 Å². The maximum absolute atomic E-state index is 5.47. The lowest BCUT2D eigenvalue weighted by Crippen LogP contribution is -2.38. The number of aliphatic imine (C=N–C) groups is 1. The van der Waals surface area contributed by atoms with Crippen LogP contribution in [0.25, 0.3) is 11.0 Å². The molecule has 0 radical (unpaired) electrons. The van der Waals surface area contributed by atoms with Crippen LogP contribution in [0, 0.1) is 0 Å². The van der Waals surface area contributed by atoms with Crippen LogP contribution in [-0.4, -0.2) is 53.8 Å². The first-order valence-electron chi connectivity index (χ1n) is 10.5. The molecule has 7 nitrogen and oxygen atoms in total. The highest BCUT2D eigenvalue weighted by Gasteiger charge is 2.13. The van der Waals surface area contributed by atoms with Crippen LogP contribution in [-0.2, 0) is 31.4 Å². The second kappa shape index (κ2) is 11.4. The molecule has 0 saturated carbocycles. The Morgan fingerprint density at radius 2 is 1.68 bits per heavy atom. The molecule has 1 fully saturated rings. The van der Waals surface area contributed by atoms with Crippen LogP contribution in [0.1, 0.15) is 17.0 Å². The van der Waals surface area contributed by atoms with Crippen LogP contribution < -0.4 is 10.6 Å². The minimum absolute atomic E-state index is 0. The van der Waals surface area contributed by atoms with Crippen LogP contribution in [0.4, 0.5) is 0 Å². The third kappa shape index (κ3) is 5.96. The molecule has 1 aromatic heterocycles. The number of benzene rings is 2. The molecule has 31 heavy (non-hydrogen) atoms. The molecule has 3 aromatic rings. The number of hydrogen-bond donors (Lipinski definition) is 2. The maximum Gasteiger partial charge on any atom is 0.191 e. The average molecular weight is 534 g/mol. The molecule has 0 spiro atoms. The summed E-state index contributed by atoms with van der Waals surface area (Å²) in [6.45, 7) is 5.90. The number of nitrogens with one attached hydrogen (secondary N) is 2. The fourth-order valence-corrected chi connectivity index (χ4v) is 3.80. The van der Waals surface area contributed by atoms with Gasteiger partial charge in [-0.25, -0.2) is 4.98 Å². The Bertz CT molecular complexity index is 1010. The number of ether oxygens (including phenoxy) is 1. The molecule has 0 unspecified atom stereocenters. The average Bonchev–Trinajstić information content (AvgIpc) is 3.11. The first-order valence-corrected chi connectivity index (χ1v) is 10.5. The first-order chi connectivity index (χ1) is 14.7. The fraction of sp³-hybridized carbons (Fsp3) is 0.391. The van der Waals surface area contributed by atoms with E-state index in [1.54, 1.807) is 7.05 Å². The smallest absolute Gasteiger partial charge is 0.191 e. The van der Waals surface area contributed by atoms with Crippen LogP contribution in [0.2, 0.25) is 0 Å². The third-order valence-corrected chi connectivity index (χ3v) is 5.58. The predicted molar refractivity (Wildman–Crippen MR) is 136 cm³/mol. The van der Waals surface area contributed by atoms with Gasteiger partial charge in [-0.3, -0.25) is 9.89 Å². The summed E-state index contributed by atoms with van der Waals surface area (Å²) in [4.78, 5) is 11.5. The number of hydrogen-bond acceptors (Lipinski definition) is 4. The van der Waals surface area contributed by atoms with Gasteiger partial charge in [-0.15, -0.1) is 24.0 Å². The van der Waals surface area contributed by atoms with Gasteiger partial charge >= 0.3 is 0 Å². The molecule has 0 atom stereocenters. The Morgan fingerprint density at radius 1 is 1.00 bits per heavy atom. The number of aryl methyl sites for hydroxylation is 1. The monoisotopic (exact) mass is 534 g/mol. The quantitative estimate of drug-likeness (QED) is 0.289. The van der Waals surface area contributed by atoms with E-state index >= 15 is 0 Å². The molecular formula is C23H31IN6O. The van der Waals surface area contributed by atoms with Crippen LogP contribution in [0.5, 0.6) is 0 Å². The van der Waals surface area contributed by atoms with Crippen molar-refractivity contribution in [3.05, 3.63) is 65.5 Å². The van der Waals surface area contributed by atoms with E-state index in [0.717, 1.165) is 62.2 Å². The van der Waals surface area contributed by atoms with Crippen molar-refractivity contribution in [1.29, 1.82) is 0 Å². The number of imidazole rings is 1. The van der Waals surface area contributed by atoms with Gasteiger partial charge in [0.25, 0.3) is 0 Å². The SMILES string of the molecule is CN=C(NCc1ccccc1CN1CCOCC1)NCc1nc2ccccc2n1C.I. The van der Waals surface area contributed by atoms with Crippen molar-refractivity contribution in [2.45, 2.75) is 19.6 Å². The normalized spacial score (nSPS) is 15.0. The van der Waals surface area contributed by atoms with E-state index in [1.165, 1.54) is 11.1 Å². The maximum atomic E-state index is 5.47. The summed E-state index contributed by atoms with van der Waals surface area (Å²) < 4.78 is 7.59. The van der Waals surface area contributed by atoms with Gasteiger partial charge in [-0.2, -0.15) is 0 Å². The Hall–Kier alpha value is -2.17. The Kier molecular flexibility index (Phi) is 8.68. The Labute approximate surface area is 200 Å². The minimum atomic E-state index is 0. The molecule has 2 heterocycles. The minimum Gasteiger partial charge on any atom is -0.379 e. The van der Waals surface area contributed by atoms with Crippen molar-refractivity contribution >= 4 is 41.0 Å². The van der Waals surface area contributed by atoms with E-state index in [4.69, 9.17) is 9.72 Å². The van der Waals surface area contributed by atoms with E-state index in [2.05, 4.69) is 55.4 Å². The summed E-state index contributed by atoms with van der Waals surface area (Å²) in [5.41, 5.74) is 4.78. The Morgan fingerprint density at radius 3 is 2.42 bits per heavy atom. The summed E-state index contributed by atoms with van der Waals surface area (Å²) in [6, 6.07) is 16.8. The lowest BCUT2D eigenvalue weighted by molar-refractivity contribution is 0.0341.